The number of nitrogens with zero attached hydrogens (tertiary/aromatic N) is 1. The van der Waals surface area contributed by atoms with Crippen LogP contribution >= 0.6 is 11.3 Å². The Kier molecular flexibility index (Phi) is 1.77. The van der Waals surface area contributed by atoms with Gasteiger partial charge >= 0.3 is 0 Å². The standard InChI is InChI=1S/C8H6BNOS/c1-5-4-7(12-8(5)9)6-2-3-10-11-6/h2-4H,1H3. The second-order valence-corrected chi connectivity index (χ2v) is 3.62. The first-order valence-electron chi connectivity index (χ1n) is 3.54. The van der Waals surface area contributed by atoms with E-state index in [1.54, 1.807) is 6.20 Å². The van der Waals surface area contributed by atoms with E-state index in [1.807, 2.05) is 19.1 Å². The molecule has 0 aromatic carbocycles. The van der Waals surface area contributed by atoms with E-state index in [-0.39, 0.29) is 0 Å². The smallest absolute Gasteiger partial charge is 0.176 e. The van der Waals surface area contributed by atoms with Gasteiger partial charge in [0.1, 0.15) is 7.85 Å². The van der Waals surface area contributed by atoms with Gasteiger partial charge in [0.05, 0.1) is 11.1 Å². The van der Waals surface area contributed by atoms with Crippen molar-refractivity contribution in [3.05, 3.63) is 23.9 Å². The molecule has 0 aliphatic carbocycles. The Balaban J connectivity index is 2.48. The van der Waals surface area contributed by atoms with Gasteiger partial charge in [0.15, 0.2) is 5.76 Å². The molecule has 2 rings (SSSR count). The van der Waals surface area contributed by atoms with Gasteiger partial charge in [-0.1, -0.05) is 5.16 Å². The number of thiophene rings is 1. The maximum atomic E-state index is 5.70. The summed E-state index contributed by atoms with van der Waals surface area (Å²) in [4.78, 5) is 1.03. The van der Waals surface area contributed by atoms with E-state index < -0.39 is 0 Å². The van der Waals surface area contributed by atoms with E-state index in [0.717, 1.165) is 21.0 Å². The summed E-state index contributed by atoms with van der Waals surface area (Å²) in [5, 5.41) is 3.63. The van der Waals surface area contributed by atoms with Crippen molar-refractivity contribution >= 4 is 24.0 Å². The minimum Gasteiger partial charge on any atom is -0.355 e. The van der Waals surface area contributed by atoms with E-state index >= 15 is 0 Å². The second kappa shape index (κ2) is 2.79. The van der Waals surface area contributed by atoms with Crippen molar-refractivity contribution in [3.63, 3.8) is 0 Å². The fraction of sp³-hybridized carbons (Fsp3) is 0.125. The molecule has 2 nitrogen and oxygen atoms in total. The van der Waals surface area contributed by atoms with Crippen molar-refractivity contribution in [1.82, 2.24) is 5.16 Å². The molecule has 0 saturated carbocycles. The van der Waals surface area contributed by atoms with Gasteiger partial charge in [0.25, 0.3) is 0 Å². The summed E-state index contributed by atoms with van der Waals surface area (Å²) < 4.78 is 5.83. The molecular formula is C8H6BNOS. The van der Waals surface area contributed by atoms with E-state index in [1.165, 1.54) is 11.3 Å². The number of rotatable bonds is 1. The molecule has 4 heteroatoms. The Bertz CT molecular complexity index is 360. The van der Waals surface area contributed by atoms with Gasteiger partial charge in [0.2, 0.25) is 0 Å². The van der Waals surface area contributed by atoms with Crippen LogP contribution in [0, 0.1) is 6.92 Å². The molecule has 12 heavy (non-hydrogen) atoms. The highest BCUT2D eigenvalue weighted by atomic mass is 32.1. The highest BCUT2D eigenvalue weighted by Crippen LogP contribution is 2.24. The Morgan fingerprint density at radius 2 is 2.42 bits per heavy atom. The zero-order valence-corrected chi connectivity index (χ0v) is 7.39. The SMILES string of the molecule is [B]c1sc(-c2ccno2)cc1C. The van der Waals surface area contributed by atoms with Crippen molar-refractivity contribution in [2.45, 2.75) is 6.92 Å². The third kappa shape index (κ3) is 1.18. The molecule has 0 spiro atoms. The summed E-state index contributed by atoms with van der Waals surface area (Å²) in [5.41, 5.74) is 1.09. The third-order valence-electron chi connectivity index (χ3n) is 1.64. The van der Waals surface area contributed by atoms with Crippen LogP contribution in [0.15, 0.2) is 22.9 Å². The quantitative estimate of drug-likeness (QED) is 0.614. The summed E-state index contributed by atoms with van der Waals surface area (Å²) in [5.74, 6) is 0.778. The molecule has 2 aromatic heterocycles. The lowest BCUT2D eigenvalue weighted by atomic mass is 10.0. The summed E-state index contributed by atoms with van der Waals surface area (Å²) in [6, 6.07) is 3.82. The maximum Gasteiger partial charge on any atom is 0.176 e. The average molecular weight is 175 g/mol. The molecular weight excluding hydrogens is 169 g/mol. The molecule has 0 atom stereocenters. The number of hydrogen-bond donors (Lipinski definition) is 0. The van der Waals surface area contributed by atoms with Crippen LogP contribution in [0.4, 0.5) is 0 Å². The van der Waals surface area contributed by atoms with Crippen molar-refractivity contribution in [2.24, 2.45) is 0 Å². The zero-order valence-electron chi connectivity index (χ0n) is 6.57. The monoisotopic (exact) mass is 175 g/mol. The van der Waals surface area contributed by atoms with Crippen LogP contribution in [0.1, 0.15) is 5.56 Å². The number of hydrogen-bond acceptors (Lipinski definition) is 3. The number of aryl methyl sites for hydroxylation is 1. The van der Waals surface area contributed by atoms with E-state index in [0.29, 0.717) is 0 Å². The van der Waals surface area contributed by atoms with Crippen LogP contribution in [-0.4, -0.2) is 13.0 Å². The molecule has 0 amide bonds. The second-order valence-electron chi connectivity index (χ2n) is 2.53. The van der Waals surface area contributed by atoms with Crippen molar-refractivity contribution in [1.29, 1.82) is 0 Å². The van der Waals surface area contributed by atoms with Crippen molar-refractivity contribution in [3.8, 4) is 10.6 Å². The summed E-state index contributed by atoms with van der Waals surface area (Å²) in [6.45, 7) is 1.98. The Morgan fingerprint density at radius 3 is 2.92 bits per heavy atom. The zero-order chi connectivity index (χ0) is 8.55. The van der Waals surface area contributed by atoms with Crippen LogP contribution in [-0.2, 0) is 0 Å². The van der Waals surface area contributed by atoms with Crippen LogP contribution < -0.4 is 4.78 Å². The van der Waals surface area contributed by atoms with Gasteiger partial charge in [-0.2, -0.15) is 0 Å². The molecule has 0 unspecified atom stereocenters. The van der Waals surface area contributed by atoms with E-state index in [9.17, 15) is 0 Å². The van der Waals surface area contributed by atoms with Crippen LogP contribution in [0.3, 0.4) is 0 Å². The summed E-state index contributed by atoms with van der Waals surface area (Å²) >= 11 is 1.52. The van der Waals surface area contributed by atoms with Gasteiger partial charge < -0.3 is 4.52 Å². The maximum absolute atomic E-state index is 5.70. The average Bonchev–Trinajstić information content (AvgIpc) is 2.61. The normalized spacial score (nSPS) is 10.4. The highest BCUT2D eigenvalue weighted by molar-refractivity contribution is 7.23. The molecule has 0 aliphatic rings. The lowest BCUT2D eigenvalue weighted by Gasteiger charge is -1.83. The first-order valence-corrected chi connectivity index (χ1v) is 4.36. The fourth-order valence-corrected chi connectivity index (χ4v) is 1.86. The van der Waals surface area contributed by atoms with Crippen molar-refractivity contribution < 1.29 is 4.52 Å². The minimum absolute atomic E-state index is 0.778. The van der Waals surface area contributed by atoms with Gasteiger partial charge in [0, 0.05) is 6.07 Å². The van der Waals surface area contributed by atoms with Gasteiger partial charge in [-0.3, -0.25) is 0 Å². The Labute approximate surface area is 75.6 Å². The largest absolute Gasteiger partial charge is 0.355 e. The van der Waals surface area contributed by atoms with E-state index in [2.05, 4.69) is 5.16 Å². The topological polar surface area (TPSA) is 26.0 Å². The van der Waals surface area contributed by atoms with Gasteiger partial charge in [-0.15, -0.1) is 11.3 Å². The minimum atomic E-state index is 0.778. The Hall–Kier alpha value is -1.03. The molecule has 0 aliphatic heterocycles. The Morgan fingerprint density at radius 1 is 1.58 bits per heavy atom. The lowest BCUT2D eigenvalue weighted by molar-refractivity contribution is 0.433. The van der Waals surface area contributed by atoms with Crippen molar-refractivity contribution in [2.75, 3.05) is 0 Å². The predicted octanol–water partition coefficient (Wildman–Crippen LogP) is 1.51. The summed E-state index contributed by atoms with van der Waals surface area (Å²) in [6.07, 6.45) is 1.63. The number of aromatic nitrogens is 1. The lowest BCUT2D eigenvalue weighted by Crippen LogP contribution is -1.96. The fourth-order valence-electron chi connectivity index (χ4n) is 0.960. The third-order valence-corrected chi connectivity index (χ3v) is 2.72. The first-order chi connectivity index (χ1) is 5.77. The van der Waals surface area contributed by atoms with Crippen LogP contribution in [0.25, 0.3) is 10.6 Å². The molecule has 58 valence electrons. The predicted molar refractivity (Wildman–Crippen MR) is 49.9 cm³/mol. The first kappa shape index (κ1) is 7.62. The molecule has 2 radical (unpaired) electrons. The van der Waals surface area contributed by atoms with Gasteiger partial charge in [-0.05, 0) is 23.3 Å². The van der Waals surface area contributed by atoms with E-state index in [4.69, 9.17) is 12.4 Å². The molecule has 0 bridgehead atoms. The molecule has 2 aromatic rings. The summed E-state index contributed by atoms with van der Waals surface area (Å²) in [7, 11) is 5.70. The van der Waals surface area contributed by atoms with Crippen LogP contribution in [0.5, 0.6) is 0 Å². The van der Waals surface area contributed by atoms with Gasteiger partial charge in [-0.25, -0.2) is 0 Å². The molecule has 0 fully saturated rings. The molecule has 2 heterocycles. The molecule has 0 saturated heterocycles. The highest BCUT2D eigenvalue weighted by Gasteiger charge is 2.05. The molecule has 0 N–H and O–H groups in total. The van der Waals surface area contributed by atoms with Crippen LogP contribution in [0.2, 0.25) is 0 Å².